The Balaban J connectivity index is 2.69. The monoisotopic (exact) mass is 256 g/mol. The van der Waals surface area contributed by atoms with Gasteiger partial charge < -0.3 is 10.8 Å². The maximum atomic E-state index is 9.35. The van der Waals surface area contributed by atoms with Gasteiger partial charge in [0.05, 0.1) is 12.1 Å². The minimum Gasteiger partial charge on any atom is -0.393 e. The standard InChI is InChI=1S/C13H24N2OS/c1-4-11(14)13(12-6-5-9-17-12)15(3)8-7-10(2)16/h5-6,9-11,13,16H,4,7-8,14H2,1-3H3. The summed E-state index contributed by atoms with van der Waals surface area (Å²) in [6.45, 7) is 4.81. The zero-order chi connectivity index (χ0) is 12.8. The maximum Gasteiger partial charge on any atom is 0.0590 e. The predicted octanol–water partition coefficient (Wildman–Crippen LogP) is 2.23. The number of aliphatic hydroxyl groups excluding tert-OH is 1. The van der Waals surface area contributed by atoms with Crippen LogP contribution in [0.15, 0.2) is 17.5 Å². The van der Waals surface area contributed by atoms with Crippen LogP contribution in [-0.2, 0) is 0 Å². The van der Waals surface area contributed by atoms with Gasteiger partial charge in [-0.3, -0.25) is 4.90 Å². The number of thiophene rings is 1. The highest BCUT2D eigenvalue weighted by molar-refractivity contribution is 7.10. The molecule has 1 aromatic heterocycles. The maximum absolute atomic E-state index is 9.35. The number of hydrogen-bond donors (Lipinski definition) is 2. The highest BCUT2D eigenvalue weighted by Crippen LogP contribution is 2.27. The summed E-state index contributed by atoms with van der Waals surface area (Å²) in [4.78, 5) is 3.57. The molecule has 0 bridgehead atoms. The van der Waals surface area contributed by atoms with Crippen LogP contribution in [0.3, 0.4) is 0 Å². The predicted molar refractivity (Wildman–Crippen MR) is 74.3 cm³/mol. The number of rotatable bonds is 7. The topological polar surface area (TPSA) is 49.5 Å². The number of aliphatic hydroxyl groups is 1. The molecule has 3 atom stereocenters. The second-order valence-electron chi connectivity index (χ2n) is 4.65. The Kier molecular flexibility index (Phi) is 6.12. The summed E-state index contributed by atoms with van der Waals surface area (Å²) < 4.78 is 0. The first-order valence-corrected chi connectivity index (χ1v) is 7.11. The van der Waals surface area contributed by atoms with E-state index in [0.717, 1.165) is 19.4 Å². The molecule has 0 aliphatic rings. The largest absolute Gasteiger partial charge is 0.393 e. The van der Waals surface area contributed by atoms with Crippen molar-refractivity contribution in [1.82, 2.24) is 4.90 Å². The molecule has 3 N–H and O–H groups in total. The normalized spacial score (nSPS) is 17.1. The number of hydrogen-bond acceptors (Lipinski definition) is 4. The Morgan fingerprint density at radius 1 is 1.53 bits per heavy atom. The van der Waals surface area contributed by atoms with Gasteiger partial charge in [0.1, 0.15) is 0 Å². The van der Waals surface area contributed by atoms with Crippen LogP contribution in [0.1, 0.15) is 37.6 Å². The summed E-state index contributed by atoms with van der Waals surface area (Å²) in [6, 6.07) is 4.62. The molecule has 1 rings (SSSR count). The van der Waals surface area contributed by atoms with Crippen LogP contribution in [0.2, 0.25) is 0 Å². The van der Waals surface area contributed by atoms with Gasteiger partial charge in [0, 0.05) is 17.5 Å². The van der Waals surface area contributed by atoms with Gasteiger partial charge in [0.15, 0.2) is 0 Å². The van der Waals surface area contributed by atoms with E-state index in [1.165, 1.54) is 4.88 Å². The molecule has 0 aliphatic heterocycles. The van der Waals surface area contributed by atoms with E-state index in [2.05, 4.69) is 36.4 Å². The summed E-state index contributed by atoms with van der Waals surface area (Å²) >= 11 is 1.75. The van der Waals surface area contributed by atoms with E-state index in [9.17, 15) is 5.11 Å². The quantitative estimate of drug-likeness (QED) is 0.786. The summed E-state index contributed by atoms with van der Waals surface area (Å²) in [6.07, 6.45) is 1.50. The second kappa shape index (κ2) is 7.11. The fourth-order valence-corrected chi connectivity index (χ4v) is 2.93. The van der Waals surface area contributed by atoms with Crippen molar-refractivity contribution in [2.45, 2.75) is 44.9 Å². The van der Waals surface area contributed by atoms with Gasteiger partial charge >= 0.3 is 0 Å². The summed E-state index contributed by atoms with van der Waals surface area (Å²) in [5.74, 6) is 0. The lowest BCUT2D eigenvalue weighted by molar-refractivity contribution is 0.141. The van der Waals surface area contributed by atoms with E-state index < -0.39 is 0 Å². The zero-order valence-electron chi connectivity index (χ0n) is 11.0. The Bertz CT molecular complexity index is 300. The number of likely N-dealkylation sites (N-methyl/N-ethyl adjacent to an activating group) is 1. The fraction of sp³-hybridized carbons (Fsp3) is 0.692. The van der Waals surface area contributed by atoms with Gasteiger partial charge in [-0.1, -0.05) is 13.0 Å². The molecule has 4 heteroatoms. The molecule has 0 spiro atoms. The molecule has 0 aromatic carbocycles. The van der Waals surface area contributed by atoms with Crippen LogP contribution in [0.4, 0.5) is 0 Å². The molecule has 98 valence electrons. The van der Waals surface area contributed by atoms with Gasteiger partial charge in [0.2, 0.25) is 0 Å². The Morgan fingerprint density at radius 3 is 2.71 bits per heavy atom. The summed E-state index contributed by atoms with van der Waals surface area (Å²) in [5, 5.41) is 11.4. The molecule has 0 radical (unpaired) electrons. The highest BCUT2D eigenvalue weighted by Gasteiger charge is 2.23. The zero-order valence-corrected chi connectivity index (χ0v) is 11.8. The molecular weight excluding hydrogens is 232 g/mol. The van der Waals surface area contributed by atoms with Crippen LogP contribution < -0.4 is 5.73 Å². The van der Waals surface area contributed by atoms with Crippen LogP contribution in [0.25, 0.3) is 0 Å². The number of nitrogens with two attached hydrogens (primary N) is 1. The minimum absolute atomic E-state index is 0.146. The van der Waals surface area contributed by atoms with E-state index in [-0.39, 0.29) is 18.2 Å². The lowest BCUT2D eigenvalue weighted by Crippen LogP contribution is -2.39. The van der Waals surface area contributed by atoms with Crippen molar-refractivity contribution in [3.8, 4) is 0 Å². The van der Waals surface area contributed by atoms with Gasteiger partial charge in [-0.2, -0.15) is 0 Å². The lowest BCUT2D eigenvalue weighted by Gasteiger charge is -2.32. The van der Waals surface area contributed by atoms with Crippen LogP contribution in [0, 0.1) is 0 Å². The number of nitrogens with zero attached hydrogens (tertiary/aromatic N) is 1. The van der Waals surface area contributed by atoms with Crippen LogP contribution in [-0.4, -0.2) is 35.7 Å². The molecule has 1 heterocycles. The smallest absolute Gasteiger partial charge is 0.0590 e. The highest BCUT2D eigenvalue weighted by atomic mass is 32.1. The van der Waals surface area contributed by atoms with Crippen molar-refractivity contribution in [3.63, 3.8) is 0 Å². The molecule has 0 aliphatic carbocycles. The van der Waals surface area contributed by atoms with Gasteiger partial charge in [0.25, 0.3) is 0 Å². The van der Waals surface area contributed by atoms with E-state index in [1.54, 1.807) is 11.3 Å². The molecule has 0 amide bonds. The van der Waals surface area contributed by atoms with Crippen molar-refractivity contribution in [2.75, 3.05) is 13.6 Å². The van der Waals surface area contributed by atoms with Crippen LogP contribution >= 0.6 is 11.3 Å². The van der Waals surface area contributed by atoms with E-state index in [0.29, 0.717) is 0 Å². The van der Waals surface area contributed by atoms with E-state index in [4.69, 9.17) is 5.73 Å². The van der Waals surface area contributed by atoms with E-state index >= 15 is 0 Å². The summed E-state index contributed by atoms with van der Waals surface area (Å²) in [5.41, 5.74) is 6.22. The fourth-order valence-electron chi connectivity index (χ4n) is 1.97. The molecule has 17 heavy (non-hydrogen) atoms. The third kappa shape index (κ3) is 4.39. The molecule has 3 unspecified atom stereocenters. The average molecular weight is 256 g/mol. The Morgan fingerprint density at radius 2 is 2.24 bits per heavy atom. The van der Waals surface area contributed by atoms with Crippen molar-refractivity contribution >= 4 is 11.3 Å². The van der Waals surface area contributed by atoms with Crippen LogP contribution in [0.5, 0.6) is 0 Å². The molecular formula is C13H24N2OS. The van der Waals surface area contributed by atoms with E-state index in [1.807, 2.05) is 6.92 Å². The first kappa shape index (κ1) is 14.6. The minimum atomic E-state index is -0.251. The van der Waals surface area contributed by atoms with Crippen molar-refractivity contribution in [1.29, 1.82) is 0 Å². The average Bonchev–Trinajstić information content (AvgIpc) is 2.79. The summed E-state index contributed by atoms with van der Waals surface area (Å²) in [7, 11) is 2.09. The first-order chi connectivity index (χ1) is 8.06. The van der Waals surface area contributed by atoms with Gasteiger partial charge in [-0.15, -0.1) is 11.3 Å². The Hall–Kier alpha value is -0.420. The third-order valence-corrected chi connectivity index (χ3v) is 4.03. The van der Waals surface area contributed by atoms with Crippen molar-refractivity contribution < 1.29 is 5.11 Å². The second-order valence-corrected chi connectivity index (χ2v) is 5.63. The molecule has 0 fully saturated rings. The molecule has 3 nitrogen and oxygen atoms in total. The third-order valence-electron chi connectivity index (χ3n) is 3.09. The SMILES string of the molecule is CCC(N)C(c1cccs1)N(C)CCC(C)O. The Labute approximate surface area is 108 Å². The lowest BCUT2D eigenvalue weighted by atomic mass is 10.0. The van der Waals surface area contributed by atoms with Gasteiger partial charge in [-0.05, 0) is 38.3 Å². The molecule has 0 saturated carbocycles. The molecule has 1 aromatic rings. The van der Waals surface area contributed by atoms with Crippen molar-refractivity contribution in [3.05, 3.63) is 22.4 Å². The molecule has 0 saturated heterocycles. The first-order valence-electron chi connectivity index (χ1n) is 6.23. The van der Waals surface area contributed by atoms with Gasteiger partial charge in [-0.25, -0.2) is 0 Å². The van der Waals surface area contributed by atoms with Crippen molar-refractivity contribution in [2.24, 2.45) is 5.73 Å².